The normalized spacial score (nSPS) is 14.6. The van der Waals surface area contributed by atoms with Crippen LogP contribution in [0.2, 0.25) is 0 Å². The second-order valence-corrected chi connectivity index (χ2v) is 6.60. The van der Waals surface area contributed by atoms with E-state index in [0.717, 1.165) is 42.9 Å². The van der Waals surface area contributed by atoms with Crippen LogP contribution in [0.4, 0.5) is 11.4 Å². The number of nitrogens with one attached hydrogen (secondary N) is 1. The van der Waals surface area contributed by atoms with E-state index in [0.29, 0.717) is 6.54 Å². The molecule has 0 atom stereocenters. The fraction of sp³-hybridized carbons (Fsp3) is 0.350. The molecule has 7 heteroatoms. The molecule has 0 saturated carbocycles. The fourth-order valence-electron chi connectivity index (χ4n) is 3.26. The Kier molecular flexibility index (Phi) is 5.90. The minimum atomic E-state index is -0.400. The van der Waals surface area contributed by atoms with E-state index in [4.69, 9.17) is 4.74 Å². The van der Waals surface area contributed by atoms with E-state index in [1.54, 1.807) is 19.2 Å². The average molecular weight is 369 g/mol. The minimum absolute atomic E-state index is 0.00227. The molecule has 0 radical (unpaired) electrons. The van der Waals surface area contributed by atoms with Crippen LogP contribution < -0.4 is 15.0 Å². The number of carbonyl (C=O) groups excluding carboxylic acids is 1. The first-order valence-electron chi connectivity index (χ1n) is 8.97. The Hall–Kier alpha value is -3.09. The Morgan fingerprint density at radius 1 is 1.15 bits per heavy atom. The molecule has 2 aromatic rings. The largest absolute Gasteiger partial charge is 0.497 e. The van der Waals surface area contributed by atoms with Crippen LogP contribution in [0.1, 0.15) is 18.4 Å². The summed E-state index contributed by atoms with van der Waals surface area (Å²) >= 11 is 0. The van der Waals surface area contributed by atoms with Gasteiger partial charge in [-0.15, -0.1) is 0 Å². The lowest BCUT2D eigenvalue weighted by atomic mass is 9.95. The van der Waals surface area contributed by atoms with Crippen LogP contribution in [0.25, 0.3) is 0 Å². The second-order valence-electron chi connectivity index (χ2n) is 6.60. The molecule has 1 aliphatic rings. The number of rotatable bonds is 6. The first-order chi connectivity index (χ1) is 13.1. The topological polar surface area (TPSA) is 84.7 Å². The Labute approximate surface area is 158 Å². The highest BCUT2D eigenvalue weighted by molar-refractivity contribution is 5.79. The number of anilines is 1. The van der Waals surface area contributed by atoms with Gasteiger partial charge in [0.25, 0.3) is 5.69 Å². The lowest BCUT2D eigenvalue weighted by Crippen LogP contribution is -2.40. The number of hydrogen-bond acceptors (Lipinski definition) is 5. The van der Waals surface area contributed by atoms with Gasteiger partial charge in [0.15, 0.2) is 0 Å². The lowest BCUT2D eigenvalue weighted by molar-refractivity contribution is -0.384. The van der Waals surface area contributed by atoms with Crippen LogP contribution in [0.3, 0.4) is 0 Å². The van der Waals surface area contributed by atoms with Crippen molar-refractivity contribution < 1.29 is 14.5 Å². The van der Waals surface area contributed by atoms with E-state index in [-0.39, 0.29) is 17.5 Å². The van der Waals surface area contributed by atoms with Crippen molar-refractivity contribution in [3.05, 3.63) is 64.2 Å². The van der Waals surface area contributed by atoms with Gasteiger partial charge in [-0.2, -0.15) is 0 Å². The van der Waals surface area contributed by atoms with Gasteiger partial charge in [-0.05, 0) is 42.7 Å². The van der Waals surface area contributed by atoms with E-state index in [1.807, 2.05) is 24.3 Å². The zero-order chi connectivity index (χ0) is 19.2. The molecule has 0 spiro atoms. The number of non-ortho nitro benzene ring substituents is 1. The number of nitro benzene ring substituents is 1. The summed E-state index contributed by atoms with van der Waals surface area (Å²) in [6, 6.07) is 14.2. The summed E-state index contributed by atoms with van der Waals surface area (Å²) in [5.41, 5.74) is 2.08. The number of nitrogens with zero attached hydrogens (tertiary/aromatic N) is 2. The highest BCUT2D eigenvalue weighted by atomic mass is 16.6. The Morgan fingerprint density at radius 3 is 2.33 bits per heavy atom. The molecular formula is C20H23N3O4. The highest BCUT2D eigenvalue weighted by Crippen LogP contribution is 2.25. The molecule has 1 N–H and O–H groups in total. The number of hydrogen-bond donors (Lipinski definition) is 1. The summed E-state index contributed by atoms with van der Waals surface area (Å²) in [7, 11) is 1.62. The average Bonchev–Trinajstić information content (AvgIpc) is 2.72. The van der Waals surface area contributed by atoms with Gasteiger partial charge in [-0.25, -0.2) is 0 Å². The van der Waals surface area contributed by atoms with Gasteiger partial charge in [-0.3, -0.25) is 14.9 Å². The zero-order valence-corrected chi connectivity index (χ0v) is 15.3. The van der Waals surface area contributed by atoms with Gasteiger partial charge in [0, 0.05) is 43.4 Å². The molecule has 1 heterocycles. The smallest absolute Gasteiger partial charge is 0.269 e. The number of benzene rings is 2. The molecule has 3 rings (SSSR count). The Morgan fingerprint density at radius 2 is 1.78 bits per heavy atom. The third kappa shape index (κ3) is 4.75. The van der Waals surface area contributed by atoms with E-state index >= 15 is 0 Å². The summed E-state index contributed by atoms with van der Waals surface area (Å²) in [6.07, 6.45) is 1.54. The molecule has 1 aliphatic heterocycles. The predicted octanol–water partition coefficient (Wildman–Crippen LogP) is 3.14. The molecule has 7 nitrogen and oxygen atoms in total. The van der Waals surface area contributed by atoms with E-state index < -0.39 is 4.92 Å². The van der Waals surface area contributed by atoms with Gasteiger partial charge >= 0.3 is 0 Å². The van der Waals surface area contributed by atoms with Crippen molar-refractivity contribution in [3.63, 3.8) is 0 Å². The SMILES string of the molecule is COc1ccc(CNC(=O)C2CCN(c3ccc([N+](=O)[O-])cc3)CC2)cc1. The van der Waals surface area contributed by atoms with Crippen LogP contribution in [0.5, 0.6) is 5.75 Å². The van der Waals surface area contributed by atoms with Gasteiger partial charge in [0.05, 0.1) is 12.0 Å². The number of amides is 1. The van der Waals surface area contributed by atoms with Crippen molar-refractivity contribution in [1.29, 1.82) is 0 Å². The molecule has 0 bridgehead atoms. The van der Waals surface area contributed by atoms with E-state index in [9.17, 15) is 14.9 Å². The van der Waals surface area contributed by atoms with Gasteiger partial charge in [0.2, 0.25) is 5.91 Å². The van der Waals surface area contributed by atoms with E-state index in [2.05, 4.69) is 10.2 Å². The maximum absolute atomic E-state index is 12.4. The van der Waals surface area contributed by atoms with Crippen molar-refractivity contribution in [2.75, 3.05) is 25.1 Å². The number of methoxy groups -OCH3 is 1. The molecule has 0 aromatic heterocycles. The van der Waals surface area contributed by atoms with Gasteiger partial charge in [0.1, 0.15) is 5.75 Å². The lowest BCUT2D eigenvalue weighted by Gasteiger charge is -2.33. The first-order valence-corrected chi connectivity index (χ1v) is 8.97. The van der Waals surface area contributed by atoms with Gasteiger partial charge < -0.3 is 15.0 Å². The molecule has 2 aromatic carbocycles. The second kappa shape index (κ2) is 8.53. The van der Waals surface area contributed by atoms with Crippen molar-refractivity contribution in [2.45, 2.75) is 19.4 Å². The number of ether oxygens (including phenoxy) is 1. The number of carbonyl (C=O) groups is 1. The molecular weight excluding hydrogens is 346 g/mol. The zero-order valence-electron chi connectivity index (χ0n) is 15.3. The molecule has 0 aliphatic carbocycles. The molecule has 142 valence electrons. The van der Waals surface area contributed by atoms with Crippen LogP contribution in [-0.2, 0) is 11.3 Å². The van der Waals surface area contributed by atoms with Crippen LogP contribution in [0.15, 0.2) is 48.5 Å². The fourth-order valence-corrected chi connectivity index (χ4v) is 3.26. The van der Waals surface area contributed by atoms with Crippen molar-refractivity contribution in [3.8, 4) is 5.75 Å². The highest BCUT2D eigenvalue weighted by Gasteiger charge is 2.25. The minimum Gasteiger partial charge on any atom is -0.497 e. The van der Waals surface area contributed by atoms with Crippen molar-refractivity contribution >= 4 is 17.3 Å². The van der Waals surface area contributed by atoms with Crippen LogP contribution in [-0.4, -0.2) is 31.0 Å². The maximum atomic E-state index is 12.4. The Bertz CT molecular complexity index is 782. The first kappa shape index (κ1) is 18.7. The third-order valence-electron chi connectivity index (χ3n) is 4.92. The summed E-state index contributed by atoms with van der Waals surface area (Å²) in [5.74, 6) is 0.871. The molecule has 0 unspecified atom stereocenters. The van der Waals surface area contributed by atoms with Gasteiger partial charge in [-0.1, -0.05) is 12.1 Å². The van der Waals surface area contributed by atoms with Crippen molar-refractivity contribution in [1.82, 2.24) is 5.32 Å². The Balaban J connectivity index is 1.47. The monoisotopic (exact) mass is 369 g/mol. The quantitative estimate of drug-likeness (QED) is 0.625. The van der Waals surface area contributed by atoms with Crippen molar-refractivity contribution in [2.24, 2.45) is 5.92 Å². The molecule has 27 heavy (non-hydrogen) atoms. The summed E-state index contributed by atoms with van der Waals surface area (Å²) in [6.45, 7) is 2.03. The third-order valence-corrected chi connectivity index (χ3v) is 4.92. The number of nitro groups is 1. The number of piperidine rings is 1. The van der Waals surface area contributed by atoms with Crippen LogP contribution in [0, 0.1) is 16.0 Å². The molecule has 1 saturated heterocycles. The standard InChI is InChI=1S/C20H23N3O4/c1-27-19-8-2-15(3-9-19)14-21-20(24)16-10-12-22(13-11-16)17-4-6-18(7-5-17)23(25)26/h2-9,16H,10-14H2,1H3,(H,21,24). The predicted molar refractivity (Wildman–Crippen MR) is 103 cm³/mol. The molecule has 1 amide bonds. The summed E-state index contributed by atoms with van der Waals surface area (Å²) < 4.78 is 5.13. The summed E-state index contributed by atoms with van der Waals surface area (Å²) in [4.78, 5) is 24.9. The molecule has 1 fully saturated rings. The maximum Gasteiger partial charge on any atom is 0.269 e. The van der Waals surface area contributed by atoms with Crippen LogP contribution >= 0.6 is 0 Å². The van der Waals surface area contributed by atoms with E-state index in [1.165, 1.54) is 12.1 Å². The summed E-state index contributed by atoms with van der Waals surface area (Å²) in [5, 5.41) is 13.8.